The fourth-order valence-corrected chi connectivity index (χ4v) is 1.62. The molecule has 0 aliphatic heterocycles. The SMILES string of the molecule is CC(C)(C)c1ccnc(C#CCCCCCl)c1. The van der Waals surface area contributed by atoms with Gasteiger partial charge in [-0.3, -0.25) is 0 Å². The van der Waals surface area contributed by atoms with Crippen LogP contribution < -0.4 is 0 Å². The highest BCUT2D eigenvalue weighted by atomic mass is 35.5. The van der Waals surface area contributed by atoms with Crippen molar-refractivity contribution in [3.8, 4) is 11.8 Å². The summed E-state index contributed by atoms with van der Waals surface area (Å²) in [5.41, 5.74) is 2.29. The maximum absolute atomic E-state index is 5.61. The molecule has 0 bridgehead atoms. The van der Waals surface area contributed by atoms with Crippen molar-refractivity contribution in [3.05, 3.63) is 29.6 Å². The summed E-state index contributed by atoms with van der Waals surface area (Å²) < 4.78 is 0. The van der Waals surface area contributed by atoms with Gasteiger partial charge >= 0.3 is 0 Å². The average Bonchev–Trinajstić information content (AvgIpc) is 2.28. The lowest BCUT2D eigenvalue weighted by atomic mass is 9.87. The van der Waals surface area contributed by atoms with E-state index in [1.807, 2.05) is 6.20 Å². The molecular formula is C15H20ClN. The van der Waals surface area contributed by atoms with E-state index in [-0.39, 0.29) is 5.41 Å². The molecule has 0 N–H and O–H groups in total. The maximum atomic E-state index is 5.61. The largest absolute Gasteiger partial charge is 0.248 e. The van der Waals surface area contributed by atoms with Gasteiger partial charge in [0, 0.05) is 18.5 Å². The summed E-state index contributed by atoms with van der Waals surface area (Å²) in [5.74, 6) is 6.98. The Kier molecular flexibility index (Phi) is 5.51. The zero-order chi connectivity index (χ0) is 12.7. The van der Waals surface area contributed by atoms with Crippen molar-refractivity contribution in [2.75, 3.05) is 5.88 Å². The van der Waals surface area contributed by atoms with Crippen LogP contribution in [-0.4, -0.2) is 10.9 Å². The van der Waals surface area contributed by atoms with Crippen molar-refractivity contribution >= 4 is 11.6 Å². The minimum Gasteiger partial charge on any atom is -0.248 e. The van der Waals surface area contributed by atoms with Gasteiger partial charge < -0.3 is 0 Å². The van der Waals surface area contributed by atoms with E-state index in [4.69, 9.17) is 11.6 Å². The number of nitrogens with zero attached hydrogens (tertiary/aromatic N) is 1. The second-order valence-corrected chi connectivity index (χ2v) is 5.51. The van der Waals surface area contributed by atoms with E-state index in [0.29, 0.717) is 0 Å². The molecule has 0 unspecified atom stereocenters. The third-order valence-electron chi connectivity index (χ3n) is 2.53. The molecule has 1 aromatic rings. The molecule has 1 heterocycles. The van der Waals surface area contributed by atoms with Gasteiger partial charge in [-0.1, -0.05) is 26.7 Å². The number of hydrogen-bond acceptors (Lipinski definition) is 1. The van der Waals surface area contributed by atoms with E-state index in [1.165, 1.54) is 5.56 Å². The Morgan fingerprint density at radius 3 is 2.71 bits per heavy atom. The van der Waals surface area contributed by atoms with Crippen LogP contribution in [0, 0.1) is 11.8 Å². The van der Waals surface area contributed by atoms with Crippen molar-refractivity contribution in [2.45, 2.75) is 45.4 Å². The average molecular weight is 250 g/mol. The molecule has 17 heavy (non-hydrogen) atoms. The van der Waals surface area contributed by atoms with Gasteiger partial charge in [-0.15, -0.1) is 11.6 Å². The molecule has 2 heteroatoms. The quantitative estimate of drug-likeness (QED) is 0.446. The third kappa shape index (κ3) is 5.24. The van der Waals surface area contributed by atoms with Crippen LogP contribution in [0.25, 0.3) is 0 Å². The number of hydrogen-bond donors (Lipinski definition) is 0. The van der Waals surface area contributed by atoms with E-state index in [2.05, 4.69) is 49.7 Å². The minimum absolute atomic E-state index is 0.151. The molecule has 0 aliphatic rings. The van der Waals surface area contributed by atoms with Gasteiger partial charge in [0.1, 0.15) is 5.69 Å². The normalized spacial score (nSPS) is 10.8. The van der Waals surface area contributed by atoms with E-state index in [1.54, 1.807) is 0 Å². The van der Waals surface area contributed by atoms with Crippen LogP contribution >= 0.6 is 11.6 Å². The number of aromatic nitrogens is 1. The fourth-order valence-electron chi connectivity index (χ4n) is 1.43. The molecule has 1 rings (SSSR count). The lowest BCUT2D eigenvalue weighted by molar-refractivity contribution is 0.589. The highest BCUT2D eigenvalue weighted by Gasteiger charge is 2.13. The number of alkyl halides is 1. The number of rotatable bonds is 3. The fraction of sp³-hybridized carbons (Fsp3) is 0.533. The summed E-state index contributed by atoms with van der Waals surface area (Å²) in [6.07, 6.45) is 4.83. The molecule has 0 radical (unpaired) electrons. The van der Waals surface area contributed by atoms with Crippen LogP contribution in [0.2, 0.25) is 0 Å². The van der Waals surface area contributed by atoms with Crippen molar-refractivity contribution in [1.29, 1.82) is 0 Å². The third-order valence-corrected chi connectivity index (χ3v) is 2.80. The Balaban J connectivity index is 2.66. The predicted molar refractivity (Wildman–Crippen MR) is 74.4 cm³/mol. The summed E-state index contributed by atoms with van der Waals surface area (Å²) >= 11 is 5.61. The van der Waals surface area contributed by atoms with Crippen LogP contribution in [0.4, 0.5) is 0 Å². The van der Waals surface area contributed by atoms with Crippen molar-refractivity contribution in [1.82, 2.24) is 4.98 Å². The first-order chi connectivity index (χ1) is 8.04. The number of pyridine rings is 1. The first-order valence-electron chi connectivity index (χ1n) is 6.05. The van der Waals surface area contributed by atoms with E-state index in [0.717, 1.165) is 30.8 Å². The molecule has 0 spiro atoms. The summed E-state index contributed by atoms with van der Waals surface area (Å²) in [7, 11) is 0. The van der Waals surface area contributed by atoms with E-state index in [9.17, 15) is 0 Å². The van der Waals surface area contributed by atoms with Gasteiger partial charge in [0.2, 0.25) is 0 Å². The molecule has 0 saturated carbocycles. The number of halogens is 1. The molecule has 0 saturated heterocycles. The van der Waals surface area contributed by atoms with E-state index < -0.39 is 0 Å². The monoisotopic (exact) mass is 249 g/mol. The topological polar surface area (TPSA) is 12.9 Å². The molecule has 0 fully saturated rings. The predicted octanol–water partition coefficient (Wildman–Crippen LogP) is 4.14. The molecule has 0 aromatic carbocycles. The summed E-state index contributed by atoms with van der Waals surface area (Å²) in [6.45, 7) is 6.58. The second-order valence-electron chi connectivity index (χ2n) is 5.13. The first kappa shape index (κ1) is 14.1. The zero-order valence-electron chi connectivity index (χ0n) is 10.9. The summed E-state index contributed by atoms with van der Waals surface area (Å²) in [6, 6.07) is 4.13. The molecule has 0 atom stereocenters. The Bertz CT molecular complexity index is 407. The Labute approximate surface area is 110 Å². The van der Waals surface area contributed by atoms with E-state index >= 15 is 0 Å². The molecule has 0 amide bonds. The van der Waals surface area contributed by atoms with Crippen LogP contribution in [0.15, 0.2) is 18.3 Å². The minimum atomic E-state index is 0.151. The van der Waals surface area contributed by atoms with Crippen LogP contribution in [0.3, 0.4) is 0 Å². The molecular weight excluding hydrogens is 230 g/mol. The molecule has 92 valence electrons. The lowest BCUT2D eigenvalue weighted by Crippen LogP contribution is -2.11. The van der Waals surface area contributed by atoms with Crippen LogP contribution in [0.1, 0.15) is 51.3 Å². The second kappa shape index (κ2) is 6.67. The van der Waals surface area contributed by atoms with Crippen molar-refractivity contribution in [2.24, 2.45) is 0 Å². The van der Waals surface area contributed by atoms with Gasteiger partial charge in [-0.05, 0) is 41.9 Å². The molecule has 1 aromatic heterocycles. The van der Waals surface area contributed by atoms with Gasteiger partial charge in [0.05, 0.1) is 0 Å². The first-order valence-corrected chi connectivity index (χ1v) is 6.59. The Hall–Kier alpha value is -1.00. The van der Waals surface area contributed by atoms with Gasteiger partial charge in [0.25, 0.3) is 0 Å². The van der Waals surface area contributed by atoms with Crippen molar-refractivity contribution in [3.63, 3.8) is 0 Å². The van der Waals surface area contributed by atoms with Crippen molar-refractivity contribution < 1.29 is 0 Å². The standard InChI is InChI=1S/C15H20ClN/c1-15(2,3)13-9-11-17-14(12-13)8-6-4-5-7-10-16/h9,11-12H,4-5,7,10H2,1-3H3. The zero-order valence-corrected chi connectivity index (χ0v) is 11.6. The summed E-state index contributed by atoms with van der Waals surface area (Å²) in [5, 5.41) is 0. The van der Waals surface area contributed by atoms with Gasteiger partial charge in [-0.2, -0.15) is 0 Å². The van der Waals surface area contributed by atoms with Crippen LogP contribution in [-0.2, 0) is 5.41 Å². The molecule has 1 nitrogen and oxygen atoms in total. The van der Waals surface area contributed by atoms with Crippen LogP contribution in [0.5, 0.6) is 0 Å². The Morgan fingerprint density at radius 2 is 2.06 bits per heavy atom. The number of unbranched alkanes of at least 4 members (excludes halogenated alkanes) is 2. The highest BCUT2D eigenvalue weighted by Crippen LogP contribution is 2.21. The molecule has 0 aliphatic carbocycles. The highest BCUT2D eigenvalue weighted by molar-refractivity contribution is 6.17. The smallest absolute Gasteiger partial charge is 0.113 e. The Morgan fingerprint density at radius 1 is 1.29 bits per heavy atom. The maximum Gasteiger partial charge on any atom is 0.113 e. The lowest BCUT2D eigenvalue weighted by Gasteiger charge is -2.18. The summed E-state index contributed by atoms with van der Waals surface area (Å²) in [4.78, 5) is 4.27. The van der Waals surface area contributed by atoms with Gasteiger partial charge in [-0.25, -0.2) is 4.98 Å². The van der Waals surface area contributed by atoms with Gasteiger partial charge in [0.15, 0.2) is 0 Å².